The smallest absolute Gasteiger partial charge is 0.414 e. The Labute approximate surface area is 229 Å². The van der Waals surface area contributed by atoms with Crippen molar-refractivity contribution in [3.05, 3.63) is 53.8 Å². The minimum Gasteiger partial charge on any atom is -0.484 e. The summed E-state index contributed by atoms with van der Waals surface area (Å²) in [6.45, 7) is 5.87. The molecule has 1 aliphatic heterocycles. The number of alkyl halides is 1. The quantitative estimate of drug-likeness (QED) is 0.264. The molecule has 3 amide bonds. The van der Waals surface area contributed by atoms with E-state index >= 15 is 0 Å². The van der Waals surface area contributed by atoms with Gasteiger partial charge in [0.25, 0.3) is 5.91 Å². The number of nitrogens with one attached hydrogen (secondary N) is 3. The third-order valence-corrected chi connectivity index (χ3v) is 5.87. The number of amides is 3. The molecule has 0 bridgehead atoms. The van der Waals surface area contributed by atoms with Crippen molar-refractivity contribution in [3.63, 3.8) is 0 Å². The Morgan fingerprint density at radius 1 is 1.13 bits per heavy atom. The summed E-state index contributed by atoms with van der Waals surface area (Å²) >= 11 is 3.37. The van der Waals surface area contributed by atoms with Crippen molar-refractivity contribution in [2.24, 2.45) is 0 Å². The zero-order chi connectivity index (χ0) is 27.7. The molecule has 12 heteroatoms. The van der Waals surface area contributed by atoms with Gasteiger partial charge in [-0.2, -0.15) is 0 Å². The number of hydrogen-bond donors (Lipinski definition) is 3. The Morgan fingerprint density at radius 3 is 2.53 bits per heavy atom. The molecular formula is C26H32BrFN4O6. The standard InChI is InChI=1S/C26H32BrFN4O6/c1-26(2,3)38-24(34)31-14-20-15-32(25(35)37-20)18-6-9-22(21(28)12-18)29-10-11-30-23(33)16-36-19-7-4-17(13-27)5-8-19/h4-9,12,20,29H,10-11,13-16H2,1-3H3,(H,30,33)(H,31,34)/t20-/m0/s1. The SMILES string of the molecule is CC(C)(C)OC(=O)NC[C@H]1CN(c2ccc(NCCNC(=O)COc3ccc(CBr)cc3)c(F)c2)C(=O)O1. The topological polar surface area (TPSA) is 118 Å². The van der Waals surface area contributed by atoms with Gasteiger partial charge in [0.1, 0.15) is 23.3 Å². The van der Waals surface area contributed by atoms with Crippen molar-refractivity contribution in [3.8, 4) is 5.75 Å². The molecule has 1 heterocycles. The first-order chi connectivity index (χ1) is 18.0. The molecule has 0 aliphatic carbocycles. The van der Waals surface area contributed by atoms with E-state index in [1.54, 1.807) is 39.0 Å². The molecule has 0 radical (unpaired) electrons. The number of carbonyl (C=O) groups is 3. The summed E-state index contributed by atoms with van der Waals surface area (Å²) in [4.78, 5) is 37.4. The number of ether oxygens (including phenoxy) is 3. The van der Waals surface area contributed by atoms with Gasteiger partial charge in [-0.3, -0.25) is 9.69 Å². The normalized spacial score (nSPS) is 15.0. The van der Waals surface area contributed by atoms with Crippen LogP contribution in [0.3, 0.4) is 0 Å². The molecule has 1 aliphatic rings. The molecule has 1 saturated heterocycles. The van der Waals surface area contributed by atoms with Crippen molar-refractivity contribution in [2.45, 2.75) is 37.8 Å². The second-order valence-corrected chi connectivity index (χ2v) is 10.1. The van der Waals surface area contributed by atoms with E-state index in [0.717, 1.165) is 10.9 Å². The van der Waals surface area contributed by atoms with Crippen LogP contribution in [0.15, 0.2) is 42.5 Å². The zero-order valence-electron chi connectivity index (χ0n) is 21.5. The van der Waals surface area contributed by atoms with Crippen molar-refractivity contribution >= 4 is 45.4 Å². The monoisotopic (exact) mass is 594 g/mol. The van der Waals surface area contributed by atoms with Gasteiger partial charge >= 0.3 is 12.2 Å². The van der Waals surface area contributed by atoms with Gasteiger partial charge in [0, 0.05) is 18.4 Å². The summed E-state index contributed by atoms with van der Waals surface area (Å²) in [6, 6.07) is 11.7. The Bertz CT molecular complexity index is 1130. The first-order valence-corrected chi connectivity index (χ1v) is 13.2. The molecule has 0 saturated carbocycles. The molecule has 3 N–H and O–H groups in total. The van der Waals surface area contributed by atoms with Gasteiger partial charge in [-0.1, -0.05) is 28.1 Å². The van der Waals surface area contributed by atoms with E-state index in [1.807, 2.05) is 12.1 Å². The van der Waals surface area contributed by atoms with Crippen LogP contribution in [0.2, 0.25) is 0 Å². The van der Waals surface area contributed by atoms with Crippen LogP contribution in [0, 0.1) is 5.82 Å². The fourth-order valence-corrected chi connectivity index (χ4v) is 3.81. The number of hydrogen-bond acceptors (Lipinski definition) is 7. The average molecular weight is 595 g/mol. The van der Waals surface area contributed by atoms with Crippen LogP contribution >= 0.6 is 15.9 Å². The maximum absolute atomic E-state index is 14.7. The molecule has 0 spiro atoms. The average Bonchev–Trinajstić information content (AvgIpc) is 3.24. The second kappa shape index (κ2) is 13.3. The molecule has 3 rings (SSSR count). The highest BCUT2D eigenvalue weighted by atomic mass is 79.9. The van der Waals surface area contributed by atoms with E-state index in [2.05, 4.69) is 31.9 Å². The Morgan fingerprint density at radius 2 is 1.87 bits per heavy atom. The van der Waals surface area contributed by atoms with Gasteiger partial charge in [-0.05, 0) is 56.7 Å². The van der Waals surface area contributed by atoms with Crippen LogP contribution < -0.4 is 25.6 Å². The lowest BCUT2D eigenvalue weighted by molar-refractivity contribution is -0.123. The number of anilines is 2. The number of carbonyl (C=O) groups excluding carboxylic acids is 3. The van der Waals surface area contributed by atoms with Crippen molar-refractivity contribution in [2.75, 3.05) is 43.0 Å². The van der Waals surface area contributed by atoms with Gasteiger partial charge in [0.15, 0.2) is 6.61 Å². The number of benzene rings is 2. The molecule has 1 fully saturated rings. The van der Waals surface area contributed by atoms with Crippen molar-refractivity contribution in [1.29, 1.82) is 0 Å². The number of cyclic esters (lactones) is 1. The number of rotatable bonds is 11. The minimum atomic E-state index is -0.643. The van der Waals surface area contributed by atoms with Crippen molar-refractivity contribution in [1.82, 2.24) is 10.6 Å². The van der Waals surface area contributed by atoms with E-state index in [0.29, 0.717) is 11.4 Å². The summed E-state index contributed by atoms with van der Waals surface area (Å²) in [5, 5.41) is 8.92. The highest BCUT2D eigenvalue weighted by Crippen LogP contribution is 2.26. The van der Waals surface area contributed by atoms with Crippen LogP contribution in [0.5, 0.6) is 5.75 Å². The lowest BCUT2D eigenvalue weighted by Gasteiger charge is -2.20. The molecule has 0 aromatic heterocycles. The van der Waals surface area contributed by atoms with Gasteiger partial charge in [-0.25, -0.2) is 14.0 Å². The van der Waals surface area contributed by atoms with E-state index in [-0.39, 0.29) is 44.4 Å². The Balaban J connectivity index is 1.39. The lowest BCUT2D eigenvalue weighted by Crippen LogP contribution is -2.38. The molecule has 2 aromatic rings. The summed E-state index contributed by atoms with van der Waals surface area (Å²) in [5.41, 5.74) is 1.01. The van der Waals surface area contributed by atoms with Gasteiger partial charge in [-0.15, -0.1) is 0 Å². The maximum atomic E-state index is 14.7. The first-order valence-electron chi connectivity index (χ1n) is 12.1. The molecule has 38 heavy (non-hydrogen) atoms. The number of halogens is 2. The number of nitrogens with zero attached hydrogens (tertiary/aromatic N) is 1. The Hall–Kier alpha value is -3.54. The molecule has 0 unspecified atom stereocenters. The molecule has 206 valence electrons. The second-order valence-electron chi connectivity index (χ2n) is 9.51. The summed E-state index contributed by atoms with van der Waals surface area (Å²) < 4.78 is 30.5. The minimum absolute atomic E-state index is 0.0689. The summed E-state index contributed by atoms with van der Waals surface area (Å²) in [5.74, 6) is -0.264. The fraction of sp³-hybridized carbons (Fsp3) is 0.423. The first kappa shape index (κ1) is 29.0. The van der Waals surface area contributed by atoms with Crippen LogP contribution in [0.25, 0.3) is 0 Å². The lowest BCUT2D eigenvalue weighted by atomic mass is 10.2. The van der Waals surface area contributed by atoms with Gasteiger partial charge in [0.05, 0.1) is 24.5 Å². The molecule has 1 atom stereocenters. The van der Waals surface area contributed by atoms with Crippen molar-refractivity contribution < 1.29 is 33.0 Å². The van der Waals surface area contributed by atoms with Gasteiger partial charge in [0.2, 0.25) is 0 Å². The van der Waals surface area contributed by atoms with Gasteiger partial charge < -0.3 is 30.2 Å². The van der Waals surface area contributed by atoms with E-state index < -0.39 is 29.7 Å². The van der Waals surface area contributed by atoms with Crippen LogP contribution in [-0.2, 0) is 19.6 Å². The third-order valence-electron chi connectivity index (χ3n) is 5.22. The van der Waals surface area contributed by atoms with Crippen LogP contribution in [0.1, 0.15) is 26.3 Å². The number of alkyl carbamates (subject to hydrolysis) is 1. The molecular weight excluding hydrogens is 563 g/mol. The largest absolute Gasteiger partial charge is 0.484 e. The zero-order valence-corrected chi connectivity index (χ0v) is 23.1. The third kappa shape index (κ3) is 9.09. The predicted octanol–water partition coefficient (Wildman–Crippen LogP) is 4.18. The van der Waals surface area contributed by atoms with Crippen LogP contribution in [0.4, 0.5) is 25.4 Å². The maximum Gasteiger partial charge on any atom is 0.414 e. The van der Waals surface area contributed by atoms with E-state index in [1.165, 1.54) is 17.0 Å². The molecule has 10 nitrogen and oxygen atoms in total. The predicted molar refractivity (Wildman–Crippen MR) is 144 cm³/mol. The van der Waals surface area contributed by atoms with E-state index in [9.17, 15) is 18.8 Å². The highest BCUT2D eigenvalue weighted by Gasteiger charge is 2.33. The highest BCUT2D eigenvalue weighted by molar-refractivity contribution is 9.08. The summed E-state index contributed by atoms with van der Waals surface area (Å²) in [7, 11) is 0. The molecule has 2 aromatic carbocycles. The van der Waals surface area contributed by atoms with E-state index in [4.69, 9.17) is 14.2 Å². The summed E-state index contributed by atoms with van der Waals surface area (Å²) in [6.07, 6.45) is -1.85. The fourth-order valence-electron chi connectivity index (χ4n) is 3.44. The van der Waals surface area contributed by atoms with Crippen LogP contribution in [-0.4, -0.2) is 62.6 Å². The Kier molecular flexibility index (Phi) is 10.2.